The average molecular weight is 1520 g/mol. The molecule has 0 heterocycles. The molecule has 0 saturated carbocycles. The molecule has 0 radical (unpaired) electrons. The van der Waals surface area contributed by atoms with Crippen molar-refractivity contribution in [3.63, 3.8) is 0 Å². The molecule has 0 aliphatic rings. The second kappa shape index (κ2) is 31.5. The van der Waals surface area contributed by atoms with E-state index in [-0.39, 0.29) is 93.2 Å². The summed E-state index contributed by atoms with van der Waals surface area (Å²) in [6, 6.07) is 13.8. The van der Waals surface area contributed by atoms with Gasteiger partial charge in [0.05, 0.1) is 22.3 Å². The largest absolute Gasteiger partial charge is 2.00 e. The third-order valence-electron chi connectivity index (χ3n) is 19.3. The van der Waals surface area contributed by atoms with Gasteiger partial charge < -0.3 is 29.9 Å². The van der Waals surface area contributed by atoms with Gasteiger partial charge in [0, 0.05) is 22.3 Å². The van der Waals surface area contributed by atoms with Crippen LogP contribution in [-0.4, -0.2) is 34.1 Å². The van der Waals surface area contributed by atoms with Crippen LogP contribution in [0.15, 0.2) is 48.5 Å². The van der Waals surface area contributed by atoms with Crippen molar-refractivity contribution in [2.45, 2.75) is 372 Å². The molecular weight excluding hydrogens is 1380 g/mol. The first kappa shape index (κ1) is 94.4. The summed E-state index contributed by atoms with van der Waals surface area (Å²) in [4.78, 5) is 54.8. The Balaban J connectivity index is 0.000000693. The molecule has 11 heteroatoms. The number of esters is 2. The van der Waals surface area contributed by atoms with Crippen LogP contribution in [-0.2, 0) is 70.6 Å². The first-order chi connectivity index (χ1) is 44.8. The van der Waals surface area contributed by atoms with E-state index in [1.54, 1.807) is 48.5 Å². The van der Waals surface area contributed by atoms with Crippen molar-refractivity contribution >= 4 is 23.9 Å². The molecule has 10 nitrogen and oxygen atoms in total. The molecule has 0 saturated heterocycles. The maximum absolute atomic E-state index is 14.8. The van der Waals surface area contributed by atoms with Crippen LogP contribution in [0.3, 0.4) is 0 Å². The van der Waals surface area contributed by atoms with Crippen molar-refractivity contribution in [2.75, 3.05) is 0 Å². The molecule has 0 unspecified atom stereocenters. The number of ether oxygens (including phenoxy) is 2. The van der Waals surface area contributed by atoms with E-state index < -0.39 is 67.2 Å². The Bertz CT molecular complexity index is 3230. The fraction of sp³-hybridized carbons (Fsp3) is 0.696. The maximum atomic E-state index is 14.8. The summed E-state index contributed by atoms with van der Waals surface area (Å²) in [5, 5.41) is 49.7. The second-order valence-corrected chi connectivity index (χ2v) is 46.0. The molecule has 4 aromatic carbocycles. The number of aromatic carboxylic acids is 2. The van der Waals surface area contributed by atoms with Gasteiger partial charge in [-0.2, -0.15) is 0 Å². The van der Waals surface area contributed by atoms with E-state index in [2.05, 4.69) is 277 Å². The van der Waals surface area contributed by atoms with Crippen molar-refractivity contribution in [1.82, 2.24) is 0 Å². The van der Waals surface area contributed by atoms with E-state index in [0.717, 1.165) is 51.4 Å². The Morgan fingerprint density at radius 1 is 0.252 bits per heavy atom. The molecule has 2 N–H and O–H groups in total. The molecule has 0 atom stereocenters. The minimum Gasteiger partial charge on any atom is -0.872 e. The third kappa shape index (κ3) is 27.5. The molecule has 0 aromatic heterocycles. The van der Waals surface area contributed by atoms with Crippen LogP contribution in [0.25, 0.3) is 0 Å². The molecule has 4 aromatic rings. The van der Waals surface area contributed by atoms with Crippen LogP contribution < -0.4 is 19.7 Å². The fourth-order valence-corrected chi connectivity index (χ4v) is 18.9. The van der Waals surface area contributed by atoms with Gasteiger partial charge in [-0.25, -0.2) is 19.2 Å². The predicted octanol–water partition coefficient (Wildman–Crippen LogP) is 25.1. The number of carboxylic acid groups (broad SMARTS) is 2. The van der Waals surface area contributed by atoms with E-state index in [1.165, 1.54) is 0 Å². The normalized spacial score (nSPS) is 14.0. The van der Waals surface area contributed by atoms with Gasteiger partial charge in [-0.1, -0.05) is 277 Å². The summed E-state index contributed by atoms with van der Waals surface area (Å²) in [5.41, 5.74) is 1.53. The third-order valence-corrected chi connectivity index (χ3v) is 19.3. The quantitative estimate of drug-likeness (QED) is 0.0438. The number of carbonyl (C=O) groups is 4. The van der Waals surface area contributed by atoms with Gasteiger partial charge >= 0.3 is 51.2 Å². The summed E-state index contributed by atoms with van der Waals surface area (Å²) in [7, 11) is 0. The maximum Gasteiger partial charge on any atom is 2.00 e. The van der Waals surface area contributed by atoms with Crippen molar-refractivity contribution in [2.24, 2.45) is 43.3 Å². The summed E-state index contributed by atoms with van der Waals surface area (Å²) >= 11 is 0. The van der Waals surface area contributed by atoms with Gasteiger partial charge in [0.1, 0.15) is 11.5 Å². The van der Waals surface area contributed by atoms with Gasteiger partial charge in [-0.15, -0.1) is 11.5 Å². The standard InChI is InChI=1S/2C46H74O5.Cd/c2*1-39(2,3)25-43(13,14)31-23-30(24-32(35(31)47)44(15,16)26-40(4,5)6)38(50)51-36-33(45(17,18)27-41(7,8)9)21-29(37(48)49)22-34(36)46(19,20)28-42(10,11)12;/h2*21-24,47H,25-28H2,1-20H3,(H,48,49);/q;;+2/p-2. The number of hydrogen-bond donors (Lipinski definition) is 2. The van der Waals surface area contributed by atoms with Crippen LogP contribution in [0, 0.1) is 43.3 Å². The van der Waals surface area contributed by atoms with E-state index in [9.17, 15) is 39.6 Å². The molecule has 0 amide bonds. The molecule has 0 bridgehead atoms. The summed E-state index contributed by atoms with van der Waals surface area (Å²) in [6.07, 6.45) is 5.92. The van der Waals surface area contributed by atoms with E-state index in [4.69, 9.17) is 9.47 Å². The molecular formula is C92H146CdO10. The van der Waals surface area contributed by atoms with Gasteiger partial charge in [0.2, 0.25) is 0 Å². The SMILES string of the molecule is CC(C)(C)CC(C)(C)c1cc(C(=O)Oc2c(C(C)(C)CC(C)(C)C)cc(C(=O)O)cc2C(C)(C)CC(C)(C)C)cc(C(C)(C)CC(C)(C)C)c1[O-].CC(C)(C)CC(C)(C)c1cc(C(=O)Oc2c(C(C)(C)CC(C)(C)C)cc(C(=O)O)cc2C(C)(C)CC(C)(C)C)cc(C(C)(C)CC(C)(C)C)c1[O-].[Cd+2]. The first-order valence-corrected chi connectivity index (χ1v) is 37.8. The number of benzene rings is 4. The topological polar surface area (TPSA) is 173 Å². The molecule has 0 spiro atoms. The molecule has 0 fully saturated rings. The van der Waals surface area contributed by atoms with Crippen LogP contribution in [0.2, 0.25) is 0 Å². The van der Waals surface area contributed by atoms with E-state index >= 15 is 0 Å². The Morgan fingerprint density at radius 3 is 0.505 bits per heavy atom. The molecule has 4 rings (SSSR count). The molecule has 576 valence electrons. The van der Waals surface area contributed by atoms with Gasteiger partial charge in [-0.05, 0) is 209 Å². The van der Waals surface area contributed by atoms with Crippen molar-refractivity contribution in [3.05, 3.63) is 115 Å². The zero-order chi connectivity index (χ0) is 80.3. The zero-order valence-electron chi connectivity index (χ0n) is 73.1. The second-order valence-electron chi connectivity index (χ2n) is 46.0. The summed E-state index contributed by atoms with van der Waals surface area (Å²) < 4.78 is 13.3. The monoisotopic (exact) mass is 1520 g/mol. The van der Waals surface area contributed by atoms with Crippen LogP contribution >= 0.6 is 0 Å². The Hall–Kier alpha value is -4.72. The van der Waals surface area contributed by atoms with Crippen molar-refractivity contribution < 1.29 is 76.4 Å². The molecule has 103 heavy (non-hydrogen) atoms. The fourth-order valence-electron chi connectivity index (χ4n) is 18.9. The van der Waals surface area contributed by atoms with Crippen LogP contribution in [0.1, 0.15) is 414 Å². The Labute approximate surface area is 649 Å². The predicted molar refractivity (Wildman–Crippen MR) is 425 cm³/mol. The van der Waals surface area contributed by atoms with Crippen molar-refractivity contribution in [3.8, 4) is 23.0 Å². The summed E-state index contributed by atoms with van der Waals surface area (Å²) in [6.45, 7) is 85.6. The minimum atomic E-state index is -1.02. The summed E-state index contributed by atoms with van der Waals surface area (Å²) in [5.74, 6) is -2.30. The van der Waals surface area contributed by atoms with Crippen LogP contribution in [0.5, 0.6) is 23.0 Å². The van der Waals surface area contributed by atoms with Crippen molar-refractivity contribution in [1.29, 1.82) is 0 Å². The first-order valence-electron chi connectivity index (χ1n) is 37.8. The molecule has 0 aliphatic carbocycles. The number of hydrogen-bond acceptors (Lipinski definition) is 8. The minimum absolute atomic E-state index is 0. The zero-order valence-corrected chi connectivity index (χ0v) is 77.2. The van der Waals surface area contributed by atoms with E-state index in [0.29, 0.717) is 67.1 Å². The Morgan fingerprint density at radius 2 is 0.379 bits per heavy atom. The average Bonchev–Trinajstić information content (AvgIpc) is 0.763. The van der Waals surface area contributed by atoms with Gasteiger partial charge in [0.15, 0.2) is 0 Å². The number of rotatable bonds is 22. The van der Waals surface area contributed by atoms with E-state index in [1.807, 2.05) is 0 Å². The number of carboxylic acids is 2. The van der Waals surface area contributed by atoms with Gasteiger partial charge in [0.25, 0.3) is 0 Å². The number of carbonyl (C=O) groups excluding carboxylic acids is 2. The molecule has 0 aliphatic heterocycles. The van der Waals surface area contributed by atoms with Crippen LogP contribution in [0.4, 0.5) is 0 Å². The Kier molecular flexibility index (Phi) is 28.8. The smallest absolute Gasteiger partial charge is 0.872 e. The van der Waals surface area contributed by atoms with Gasteiger partial charge in [-0.3, -0.25) is 0 Å².